The molecule has 0 saturated heterocycles. The molecule has 102 valence electrons. The highest BCUT2D eigenvalue weighted by molar-refractivity contribution is 5.91. The number of hydrogen-bond acceptors (Lipinski definition) is 7. The zero-order valence-electron chi connectivity index (χ0n) is 9.97. The van der Waals surface area contributed by atoms with Gasteiger partial charge in [0.25, 0.3) is 0 Å². The minimum absolute atomic E-state index is 0.00637. The second-order valence-corrected chi connectivity index (χ2v) is 3.46. The third-order valence-electron chi connectivity index (χ3n) is 1.83. The zero-order valence-corrected chi connectivity index (χ0v) is 9.97. The van der Waals surface area contributed by atoms with Crippen LogP contribution in [0.25, 0.3) is 0 Å². The number of carboxylic acid groups (broad SMARTS) is 1. The first kappa shape index (κ1) is 16.0. The predicted molar refractivity (Wildman–Crippen MR) is 55.2 cm³/mol. The van der Waals surface area contributed by atoms with Gasteiger partial charge in [0.1, 0.15) is 0 Å². The maximum absolute atomic E-state index is 11.1. The van der Waals surface area contributed by atoms with Crippen LogP contribution < -0.4 is 0 Å². The van der Waals surface area contributed by atoms with Gasteiger partial charge in [0.05, 0.1) is 19.4 Å². The number of aliphatic hydroxyl groups is 1. The zero-order chi connectivity index (χ0) is 14.3. The van der Waals surface area contributed by atoms with E-state index in [1.54, 1.807) is 0 Å². The number of hydrogen-bond donors (Lipinski definition) is 2. The SMILES string of the molecule is CCOC(=O)CC(O)(CC(=O)OC(C)=O)C(=O)O. The van der Waals surface area contributed by atoms with E-state index in [9.17, 15) is 24.3 Å². The molecule has 0 aliphatic heterocycles. The number of carbonyl (C=O) groups excluding carboxylic acids is 3. The first-order valence-electron chi connectivity index (χ1n) is 5.04. The topological polar surface area (TPSA) is 127 Å². The van der Waals surface area contributed by atoms with E-state index in [4.69, 9.17) is 5.11 Å². The van der Waals surface area contributed by atoms with E-state index in [2.05, 4.69) is 9.47 Å². The van der Waals surface area contributed by atoms with Crippen molar-refractivity contribution in [1.82, 2.24) is 0 Å². The second kappa shape index (κ2) is 6.70. The Bertz CT molecular complexity index is 361. The first-order chi connectivity index (χ1) is 8.21. The van der Waals surface area contributed by atoms with Gasteiger partial charge < -0.3 is 19.7 Å². The molecule has 1 atom stereocenters. The Hall–Kier alpha value is -1.96. The highest BCUT2D eigenvalue weighted by Crippen LogP contribution is 2.18. The predicted octanol–water partition coefficient (Wildman–Crippen LogP) is -0.765. The number of rotatable bonds is 6. The number of ether oxygens (including phenoxy) is 2. The molecule has 0 aliphatic rings. The summed E-state index contributed by atoms with van der Waals surface area (Å²) in [5, 5.41) is 18.4. The van der Waals surface area contributed by atoms with Gasteiger partial charge >= 0.3 is 23.9 Å². The van der Waals surface area contributed by atoms with Crippen LogP contribution in [0.4, 0.5) is 0 Å². The van der Waals surface area contributed by atoms with E-state index in [-0.39, 0.29) is 6.61 Å². The van der Waals surface area contributed by atoms with Gasteiger partial charge in [0.15, 0.2) is 5.60 Å². The van der Waals surface area contributed by atoms with Crippen LogP contribution in [0.5, 0.6) is 0 Å². The summed E-state index contributed by atoms with van der Waals surface area (Å²) in [7, 11) is 0. The molecule has 0 aromatic heterocycles. The van der Waals surface area contributed by atoms with Crippen molar-refractivity contribution in [2.75, 3.05) is 6.61 Å². The van der Waals surface area contributed by atoms with E-state index >= 15 is 0 Å². The Morgan fingerprint density at radius 3 is 2.00 bits per heavy atom. The molecule has 0 amide bonds. The van der Waals surface area contributed by atoms with Crippen molar-refractivity contribution in [3.05, 3.63) is 0 Å². The molecule has 0 heterocycles. The lowest BCUT2D eigenvalue weighted by molar-refractivity contribution is -0.175. The van der Waals surface area contributed by atoms with Crippen LogP contribution in [-0.4, -0.2) is 46.3 Å². The Kier molecular flexibility index (Phi) is 5.97. The van der Waals surface area contributed by atoms with Crippen molar-refractivity contribution in [2.24, 2.45) is 0 Å². The van der Waals surface area contributed by atoms with E-state index < -0.39 is 42.3 Å². The molecule has 0 aromatic rings. The third kappa shape index (κ3) is 5.39. The summed E-state index contributed by atoms with van der Waals surface area (Å²) in [6.07, 6.45) is -1.94. The average Bonchev–Trinajstić information content (AvgIpc) is 2.15. The van der Waals surface area contributed by atoms with Gasteiger partial charge in [-0.2, -0.15) is 0 Å². The quantitative estimate of drug-likeness (QED) is 0.472. The van der Waals surface area contributed by atoms with E-state index in [1.165, 1.54) is 6.92 Å². The number of esters is 3. The van der Waals surface area contributed by atoms with Gasteiger partial charge in [-0.15, -0.1) is 0 Å². The highest BCUT2D eigenvalue weighted by Gasteiger charge is 2.42. The van der Waals surface area contributed by atoms with E-state index in [0.717, 1.165) is 6.92 Å². The molecule has 18 heavy (non-hydrogen) atoms. The molecular weight excluding hydrogens is 248 g/mol. The number of carboxylic acids is 1. The summed E-state index contributed by atoms with van der Waals surface area (Å²) in [4.78, 5) is 43.5. The fourth-order valence-electron chi connectivity index (χ4n) is 1.10. The molecule has 0 aromatic carbocycles. The van der Waals surface area contributed by atoms with Gasteiger partial charge in [-0.3, -0.25) is 14.4 Å². The van der Waals surface area contributed by atoms with Crippen LogP contribution in [0.2, 0.25) is 0 Å². The molecule has 0 saturated carbocycles. The van der Waals surface area contributed by atoms with Crippen LogP contribution in [0.1, 0.15) is 26.7 Å². The third-order valence-corrected chi connectivity index (χ3v) is 1.83. The van der Waals surface area contributed by atoms with Gasteiger partial charge in [-0.05, 0) is 6.92 Å². The molecule has 0 rings (SSSR count). The molecule has 0 radical (unpaired) electrons. The van der Waals surface area contributed by atoms with Crippen LogP contribution in [0.15, 0.2) is 0 Å². The summed E-state index contributed by atoms with van der Waals surface area (Å²) >= 11 is 0. The molecule has 0 aliphatic carbocycles. The standard InChI is InChI=1S/C10H14O8/c1-3-17-7(12)4-10(16,9(14)15)5-8(13)18-6(2)11/h16H,3-5H2,1-2H3,(H,14,15). The fraction of sp³-hybridized carbons (Fsp3) is 0.600. The maximum atomic E-state index is 11.1. The Balaban J connectivity index is 4.72. The number of aliphatic carboxylic acids is 1. The monoisotopic (exact) mass is 262 g/mol. The summed E-state index contributed by atoms with van der Waals surface area (Å²) in [6.45, 7) is 2.46. The highest BCUT2D eigenvalue weighted by atomic mass is 16.6. The molecule has 0 fully saturated rings. The normalized spacial score (nSPS) is 13.3. The summed E-state index contributed by atoms with van der Waals surface area (Å²) in [6, 6.07) is 0. The summed E-state index contributed by atoms with van der Waals surface area (Å²) < 4.78 is 8.55. The summed E-state index contributed by atoms with van der Waals surface area (Å²) in [5.41, 5.74) is -2.65. The molecule has 1 unspecified atom stereocenters. The molecular formula is C10H14O8. The van der Waals surface area contributed by atoms with Gasteiger partial charge in [-0.1, -0.05) is 0 Å². The maximum Gasteiger partial charge on any atom is 0.336 e. The van der Waals surface area contributed by atoms with Crippen LogP contribution in [-0.2, 0) is 28.7 Å². The smallest absolute Gasteiger partial charge is 0.336 e. The summed E-state index contributed by atoms with van der Waals surface area (Å²) in [5.74, 6) is -4.94. The first-order valence-corrected chi connectivity index (χ1v) is 5.04. The lowest BCUT2D eigenvalue weighted by Gasteiger charge is -2.20. The number of carbonyl (C=O) groups is 4. The second-order valence-electron chi connectivity index (χ2n) is 3.46. The van der Waals surface area contributed by atoms with Crippen molar-refractivity contribution in [1.29, 1.82) is 0 Å². The van der Waals surface area contributed by atoms with Crippen molar-refractivity contribution in [2.45, 2.75) is 32.3 Å². The van der Waals surface area contributed by atoms with Crippen molar-refractivity contribution < 1.29 is 38.9 Å². The Morgan fingerprint density at radius 2 is 1.61 bits per heavy atom. The molecule has 8 heteroatoms. The largest absolute Gasteiger partial charge is 0.479 e. The van der Waals surface area contributed by atoms with Crippen LogP contribution in [0.3, 0.4) is 0 Å². The molecule has 2 N–H and O–H groups in total. The molecule has 0 spiro atoms. The van der Waals surface area contributed by atoms with E-state index in [0.29, 0.717) is 0 Å². The Morgan fingerprint density at radius 1 is 1.11 bits per heavy atom. The average molecular weight is 262 g/mol. The van der Waals surface area contributed by atoms with Crippen LogP contribution in [0, 0.1) is 0 Å². The minimum Gasteiger partial charge on any atom is -0.479 e. The lowest BCUT2D eigenvalue weighted by Crippen LogP contribution is -2.43. The van der Waals surface area contributed by atoms with Crippen LogP contribution >= 0.6 is 0 Å². The Labute approximate surface area is 102 Å². The van der Waals surface area contributed by atoms with Crippen molar-refractivity contribution in [3.8, 4) is 0 Å². The molecule has 0 bridgehead atoms. The van der Waals surface area contributed by atoms with Gasteiger partial charge in [0, 0.05) is 6.92 Å². The van der Waals surface area contributed by atoms with Crippen molar-refractivity contribution in [3.63, 3.8) is 0 Å². The fourth-order valence-corrected chi connectivity index (χ4v) is 1.10. The van der Waals surface area contributed by atoms with Crippen molar-refractivity contribution >= 4 is 23.9 Å². The minimum atomic E-state index is -2.65. The van der Waals surface area contributed by atoms with E-state index in [1.807, 2.05) is 0 Å². The van der Waals surface area contributed by atoms with Gasteiger partial charge in [-0.25, -0.2) is 4.79 Å². The molecule has 8 nitrogen and oxygen atoms in total. The lowest BCUT2D eigenvalue weighted by atomic mass is 9.96. The van der Waals surface area contributed by atoms with Gasteiger partial charge in [0.2, 0.25) is 0 Å².